The molecule has 0 aliphatic heterocycles. The highest BCUT2D eigenvalue weighted by Gasteiger charge is 2.18. The van der Waals surface area contributed by atoms with Crippen molar-refractivity contribution >= 4 is 27.3 Å². The Hall–Kier alpha value is -0.640. The van der Waals surface area contributed by atoms with E-state index in [1.807, 2.05) is 11.3 Å². The average Bonchev–Trinajstić information content (AvgIpc) is 2.73. The van der Waals surface area contributed by atoms with Crippen LogP contribution >= 0.6 is 27.3 Å². The molecule has 108 valence electrons. The molecule has 0 saturated carbocycles. The van der Waals surface area contributed by atoms with Gasteiger partial charge in [-0.2, -0.15) is 0 Å². The fourth-order valence-corrected chi connectivity index (χ4v) is 4.13. The third kappa shape index (κ3) is 3.51. The van der Waals surface area contributed by atoms with Gasteiger partial charge in [-0.25, -0.2) is 0 Å². The fourth-order valence-electron chi connectivity index (χ4n) is 2.39. The van der Waals surface area contributed by atoms with E-state index in [1.165, 1.54) is 30.9 Å². The van der Waals surface area contributed by atoms with Gasteiger partial charge in [0.15, 0.2) is 0 Å². The maximum atomic E-state index is 3.69. The molecule has 1 aromatic heterocycles. The molecule has 0 saturated heterocycles. The number of hydrogen-bond acceptors (Lipinski definition) is 2. The number of halogens is 1. The van der Waals surface area contributed by atoms with E-state index in [9.17, 15) is 0 Å². The van der Waals surface area contributed by atoms with E-state index < -0.39 is 0 Å². The molecular formula is C17H22BrNS. The first-order valence-electron chi connectivity index (χ1n) is 7.09. The highest BCUT2D eigenvalue weighted by atomic mass is 79.9. The van der Waals surface area contributed by atoms with Crippen molar-refractivity contribution in [2.75, 3.05) is 6.54 Å². The van der Waals surface area contributed by atoms with Crippen LogP contribution in [-0.2, 0) is 0 Å². The molecule has 1 heterocycles. The van der Waals surface area contributed by atoms with E-state index in [4.69, 9.17) is 0 Å². The molecule has 1 atom stereocenters. The zero-order valence-corrected chi connectivity index (χ0v) is 15.0. The molecule has 0 spiro atoms. The van der Waals surface area contributed by atoms with Crippen molar-refractivity contribution in [3.8, 4) is 0 Å². The number of rotatable bonds is 5. The first kappa shape index (κ1) is 15.7. The molecule has 0 bridgehead atoms. The standard InChI is InChI=1S/C17H22BrNS/c1-5-8-19-17(15-10-16(18)20-13(15)4)14-7-6-11(2)12(3)9-14/h6-7,9-10,17,19H,5,8H2,1-4H3. The van der Waals surface area contributed by atoms with Crippen molar-refractivity contribution in [1.29, 1.82) is 0 Å². The van der Waals surface area contributed by atoms with Gasteiger partial charge in [0.2, 0.25) is 0 Å². The molecule has 1 N–H and O–H groups in total. The maximum Gasteiger partial charge on any atom is 0.0704 e. The summed E-state index contributed by atoms with van der Waals surface area (Å²) in [7, 11) is 0. The normalized spacial score (nSPS) is 12.7. The van der Waals surface area contributed by atoms with Crippen molar-refractivity contribution in [1.82, 2.24) is 5.32 Å². The lowest BCUT2D eigenvalue weighted by molar-refractivity contribution is 0.597. The van der Waals surface area contributed by atoms with Crippen LogP contribution in [0, 0.1) is 20.8 Å². The molecule has 2 aromatic rings. The monoisotopic (exact) mass is 351 g/mol. The summed E-state index contributed by atoms with van der Waals surface area (Å²) in [6.07, 6.45) is 1.14. The fraction of sp³-hybridized carbons (Fsp3) is 0.412. The summed E-state index contributed by atoms with van der Waals surface area (Å²) in [6.45, 7) is 9.80. The number of benzene rings is 1. The van der Waals surface area contributed by atoms with Crippen molar-refractivity contribution in [3.05, 3.63) is 55.2 Å². The maximum absolute atomic E-state index is 3.69. The highest BCUT2D eigenvalue weighted by Crippen LogP contribution is 2.34. The predicted octanol–water partition coefficient (Wildman–Crippen LogP) is 5.52. The van der Waals surface area contributed by atoms with E-state index in [0.29, 0.717) is 0 Å². The van der Waals surface area contributed by atoms with E-state index >= 15 is 0 Å². The number of hydrogen-bond donors (Lipinski definition) is 1. The Balaban J connectivity index is 2.41. The topological polar surface area (TPSA) is 12.0 Å². The summed E-state index contributed by atoms with van der Waals surface area (Å²) < 4.78 is 1.21. The minimum atomic E-state index is 0.289. The van der Waals surface area contributed by atoms with Crippen LogP contribution < -0.4 is 5.32 Å². The molecule has 1 unspecified atom stereocenters. The second-order valence-electron chi connectivity index (χ2n) is 5.29. The van der Waals surface area contributed by atoms with Gasteiger partial charge in [0.05, 0.1) is 9.83 Å². The molecule has 1 aromatic carbocycles. The van der Waals surface area contributed by atoms with Gasteiger partial charge < -0.3 is 5.32 Å². The molecule has 0 aliphatic rings. The molecule has 1 nitrogen and oxygen atoms in total. The summed E-state index contributed by atoms with van der Waals surface area (Å²) >= 11 is 5.42. The zero-order chi connectivity index (χ0) is 14.7. The Bertz CT molecular complexity index is 589. The Morgan fingerprint density at radius 3 is 2.45 bits per heavy atom. The largest absolute Gasteiger partial charge is 0.306 e. The van der Waals surface area contributed by atoms with Crippen LogP contribution in [0.25, 0.3) is 0 Å². The summed E-state index contributed by atoms with van der Waals surface area (Å²) in [5.41, 5.74) is 5.46. The molecule has 3 heteroatoms. The second kappa shape index (κ2) is 6.88. The van der Waals surface area contributed by atoms with Gasteiger partial charge in [0.1, 0.15) is 0 Å². The van der Waals surface area contributed by atoms with E-state index in [-0.39, 0.29) is 6.04 Å². The van der Waals surface area contributed by atoms with Crippen LogP contribution in [0.1, 0.15) is 46.5 Å². The summed E-state index contributed by atoms with van der Waals surface area (Å²) in [6, 6.07) is 9.33. The molecular weight excluding hydrogens is 330 g/mol. The second-order valence-corrected chi connectivity index (χ2v) is 7.93. The first-order chi connectivity index (χ1) is 9.52. The Morgan fingerprint density at radius 2 is 1.90 bits per heavy atom. The third-order valence-electron chi connectivity index (χ3n) is 3.70. The van der Waals surface area contributed by atoms with E-state index in [0.717, 1.165) is 13.0 Å². The predicted molar refractivity (Wildman–Crippen MR) is 92.8 cm³/mol. The highest BCUT2D eigenvalue weighted by molar-refractivity contribution is 9.11. The van der Waals surface area contributed by atoms with Gasteiger partial charge in [-0.3, -0.25) is 0 Å². The molecule has 0 radical (unpaired) electrons. The van der Waals surface area contributed by atoms with Crippen LogP contribution in [0.2, 0.25) is 0 Å². The van der Waals surface area contributed by atoms with E-state index in [1.54, 1.807) is 0 Å². The van der Waals surface area contributed by atoms with Crippen molar-refractivity contribution in [2.45, 2.75) is 40.2 Å². The SMILES string of the molecule is CCCNC(c1ccc(C)c(C)c1)c1cc(Br)sc1C. The van der Waals surface area contributed by atoms with Crippen LogP contribution in [0.15, 0.2) is 28.1 Å². The lowest BCUT2D eigenvalue weighted by Crippen LogP contribution is -2.23. The van der Waals surface area contributed by atoms with Crippen molar-refractivity contribution < 1.29 is 0 Å². The summed E-state index contributed by atoms with van der Waals surface area (Å²) in [5.74, 6) is 0. The third-order valence-corrected chi connectivity index (χ3v) is 5.27. The van der Waals surface area contributed by atoms with Gasteiger partial charge in [-0.1, -0.05) is 25.1 Å². The van der Waals surface area contributed by atoms with Gasteiger partial charge in [-0.05, 0) is 78.0 Å². The minimum Gasteiger partial charge on any atom is -0.306 e. The smallest absolute Gasteiger partial charge is 0.0704 e. The number of aryl methyl sites for hydroxylation is 3. The van der Waals surface area contributed by atoms with Gasteiger partial charge in [0.25, 0.3) is 0 Å². The quantitative estimate of drug-likeness (QED) is 0.747. The molecule has 0 aliphatic carbocycles. The Kier molecular flexibility index (Phi) is 5.42. The van der Waals surface area contributed by atoms with Crippen LogP contribution in [-0.4, -0.2) is 6.54 Å². The summed E-state index contributed by atoms with van der Waals surface area (Å²) in [5, 5.41) is 3.69. The number of thiophene rings is 1. The van der Waals surface area contributed by atoms with Gasteiger partial charge in [0, 0.05) is 4.88 Å². The molecule has 0 fully saturated rings. The van der Waals surface area contributed by atoms with Gasteiger partial charge in [-0.15, -0.1) is 11.3 Å². The van der Waals surface area contributed by atoms with Crippen LogP contribution in [0.5, 0.6) is 0 Å². The zero-order valence-electron chi connectivity index (χ0n) is 12.6. The Morgan fingerprint density at radius 1 is 1.15 bits per heavy atom. The van der Waals surface area contributed by atoms with Crippen molar-refractivity contribution in [2.24, 2.45) is 0 Å². The summed E-state index contributed by atoms with van der Waals surface area (Å²) in [4.78, 5) is 1.38. The Labute approximate surface area is 134 Å². The lowest BCUT2D eigenvalue weighted by atomic mass is 9.96. The molecule has 0 amide bonds. The molecule has 20 heavy (non-hydrogen) atoms. The van der Waals surface area contributed by atoms with Crippen molar-refractivity contribution in [3.63, 3.8) is 0 Å². The first-order valence-corrected chi connectivity index (χ1v) is 8.70. The average molecular weight is 352 g/mol. The van der Waals surface area contributed by atoms with Crippen LogP contribution in [0.3, 0.4) is 0 Å². The lowest BCUT2D eigenvalue weighted by Gasteiger charge is -2.20. The van der Waals surface area contributed by atoms with Crippen LogP contribution in [0.4, 0.5) is 0 Å². The number of nitrogens with one attached hydrogen (secondary N) is 1. The molecule has 2 rings (SSSR count). The van der Waals surface area contributed by atoms with E-state index in [2.05, 4.69) is 73.2 Å². The van der Waals surface area contributed by atoms with Gasteiger partial charge >= 0.3 is 0 Å². The minimum absolute atomic E-state index is 0.289.